The molecular weight excluding hydrogens is 512 g/mol. The normalized spacial score (nSPS) is 13.0. The van der Waals surface area contributed by atoms with E-state index in [4.69, 9.17) is 21.1 Å². The molecule has 1 aliphatic carbocycles. The van der Waals surface area contributed by atoms with Crippen molar-refractivity contribution in [2.24, 2.45) is 0 Å². The molecule has 2 aromatic heterocycles. The molecule has 2 amide bonds. The third-order valence-corrected chi connectivity index (χ3v) is 8.44. The van der Waals surface area contributed by atoms with Crippen LogP contribution in [-0.2, 0) is 31.9 Å². The van der Waals surface area contributed by atoms with Gasteiger partial charge in [-0.3, -0.25) is 14.4 Å². The second-order valence-electron chi connectivity index (χ2n) is 7.89. The summed E-state index contributed by atoms with van der Waals surface area (Å²) < 4.78 is 10.8. The monoisotopic (exact) mass is 534 g/mol. The number of halogens is 1. The first-order valence-electron chi connectivity index (χ1n) is 11.0. The first-order valence-corrected chi connectivity index (χ1v) is 13.0. The fourth-order valence-corrected chi connectivity index (χ4v) is 6.63. The minimum absolute atomic E-state index is 0.297. The molecule has 2 N–H and O–H groups in total. The van der Waals surface area contributed by atoms with E-state index >= 15 is 0 Å². The number of aryl methyl sites for hydroxylation is 1. The number of nitrogens with one attached hydrogen (secondary N) is 2. The average Bonchev–Trinajstić information content (AvgIpc) is 3.28. The lowest BCUT2D eigenvalue weighted by molar-refractivity contribution is -0.146. The summed E-state index contributed by atoms with van der Waals surface area (Å²) in [6.45, 7) is -0.973. The van der Waals surface area contributed by atoms with Crippen LogP contribution >= 0.6 is 34.3 Å². The van der Waals surface area contributed by atoms with Crippen LogP contribution in [0.2, 0.25) is 5.02 Å². The molecule has 1 aromatic carbocycles. The Hall–Kier alpha value is -2.95. The number of benzene rings is 1. The van der Waals surface area contributed by atoms with Crippen LogP contribution in [0, 0.1) is 0 Å². The molecule has 0 aliphatic heterocycles. The van der Waals surface area contributed by atoms with Gasteiger partial charge in [0.2, 0.25) is 0 Å². The summed E-state index contributed by atoms with van der Waals surface area (Å²) in [5, 5.41) is 6.63. The average molecular weight is 535 g/mol. The highest BCUT2D eigenvalue weighted by atomic mass is 35.5. The highest BCUT2D eigenvalue weighted by Crippen LogP contribution is 2.38. The highest BCUT2D eigenvalue weighted by Gasteiger charge is 2.26. The quantitative estimate of drug-likeness (QED) is 0.339. The van der Waals surface area contributed by atoms with Crippen LogP contribution in [-0.4, -0.2) is 44.0 Å². The zero-order valence-corrected chi connectivity index (χ0v) is 21.3. The van der Waals surface area contributed by atoms with Crippen molar-refractivity contribution in [1.82, 2.24) is 5.32 Å². The van der Waals surface area contributed by atoms with E-state index in [-0.39, 0.29) is 0 Å². The number of methoxy groups -OCH3 is 1. The number of ether oxygens (including phenoxy) is 2. The molecule has 0 spiro atoms. The zero-order valence-electron chi connectivity index (χ0n) is 18.9. The molecular formula is C24H23ClN2O6S2. The van der Waals surface area contributed by atoms with Gasteiger partial charge < -0.3 is 20.1 Å². The molecule has 8 nitrogen and oxygen atoms in total. The van der Waals surface area contributed by atoms with Crippen molar-refractivity contribution in [2.75, 3.05) is 25.6 Å². The molecule has 0 atom stereocenters. The maximum Gasteiger partial charge on any atom is 0.341 e. The first-order chi connectivity index (χ1) is 16.9. The van der Waals surface area contributed by atoms with Crippen molar-refractivity contribution in [1.29, 1.82) is 0 Å². The third-order valence-electron chi connectivity index (χ3n) is 5.56. The third kappa shape index (κ3) is 5.66. The molecule has 2 heterocycles. The largest absolute Gasteiger partial charge is 0.465 e. The Labute approximate surface area is 214 Å². The van der Waals surface area contributed by atoms with Gasteiger partial charge >= 0.3 is 11.9 Å². The van der Waals surface area contributed by atoms with Crippen molar-refractivity contribution in [2.45, 2.75) is 32.1 Å². The molecule has 4 rings (SSSR count). The first kappa shape index (κ1) is 25.2. The fourth-order valence-electron chi connectivity index (χ4n) is 3.90. The van der Waals surface area contributed by atoms with Crippen LogP contribution in [0.15, 0.2) is 24.3 Å². The minimum atomic E-state index is -0.777. The Morgan fingerprint density at radius 2 is 1.83 bits per heavy atom. The molecule has 184 valence electrons. The van der Waals surface area contributed by atoms with Crippen LogP contribution < -0.4 is 10.6 Å². The summed E-state index contributed by atoms with van der Waals surface area (Å²) in [7, 11) is 1.30. The molecule has 35 heavy (non-hydrogen) atoms. The number of rotatable bonds is 7. The maximum atomic E-state index is 12.5. The SMILES string of the molecule is COC(=O)c1c(NC(=O)COC(=O)CNC(=O)c2sc3ccccc3c2Cl)sc2c1CCCCC2. The number of hydrogen-bond acceptors (Lipinski definition) is 8. The van der Waals surface area contributed by atoms with E-state index in [0.717, 1.165) is 52.6 Å². The van der Waals surface area contributed by atoms with Crippen LogP contribution in [0.5, 0.6) is 0 Å². The van der Waals surface area contributed by atoms with Crippen LogP contribution in [0.25, 0.3) is 10.1 Å². The summed E-state index contributed by atoms with van der Waals surface area (Å²) in [6, 6.07) is 7.34. The second-order valence-corrected chi connectivity index (χ2v) is 10.4. The van der Waals surface area contributed by atoms with Crippen molar-refractivity contribution in [3.63, 3.8) is 0 Å². The molecule has 0 fully saturated rings. The molecule has 0 unspecified atom stereocenters. The van der Waals surface area contributed by atoms with E-state index in [2.05, 4.69) is 10.6 Å². The number of amides is 2. The Balaban J connectivity index is 1.32. The van der Waals surface area contributed by atoms with Gasteiger partial charge in [0, 0.05) is 15.0 Å². The van der Waals surface area contributed by atoms with Gasteiger partial charge in [-0.15, -0.1) is 22.7 Å². The summed E-state index contributed by atoms with van der Waals surface area (Å²) in [5.74, 6) is -2.36. The number of hydrogen-bond donors (Lipinski definition) is 2. The summed E-state index contributed by atoms with van der Waals surface area (Å²) in [4.78, 5) is 50.7. The lowest BCUT2D eigenvalue weighted by atomic mass is 10.1. The topological polar surface area (TPSA) is 111 Å². The Bertz CT molecular complexity index is 1300. The molecule has 1 aliphatic rings. The van der Waals surface area contributed by atoms with Gasteiger partial charge in [-0.1, -0.05) is 36.2 Å². The molecule has 11 heteroatoms. The number of fused-ring (bicyclic) bond motifs is 2. The summed E-state index contributed by atoms with van der Waals surface area (Å²) in [6.07, 6.45) is 4.68. The van der Waals surface area contributed by atoms with Crippen molar-refractivity contribution < 1.29 is 28.7 Å². The van der Waals surface area contributed by atoms with E-state index < -0.39 is 36.9 Å². The molecule has 3 aromatic rings. The Morgan fingerprint density at radius 3 is 2.60 bits per heavy atom. The minimum Gasteiger partial charge on any atom is -0.465 e. The predicted octanol–water partition coefficient (Wildman–Crippen LogP) is 4.58. The van der Waals surface area contributed by atoms with Gasteiger partial charge in [0.05, 0.1) is 17.7 Å². The second kappa shape index (κ2) is 11.2. The van der Waals surface area contributed by atoms with Gasteiger partial charge in [-0.2, -0.15) is 0 Å². The molecule has 0 saturated carbocycles. The van der Waals surface area contributed by atoms with Crippen LogP contribution in [0.1, 0.15) is 49.7 Å². The standard InChI is InChI=1S/C24H23ClN2O6S2/c1-32-24(31)19-13-7-3-2-4-9-15(13)35-23(19)27-17(28)12-33-18(29)11-26-22(30)21-20(25)14-8-5-6-10-16(14)34-21/h5-6,8,10H,2-4,7,9,11-12H2,1H3,(H,26,30)(H,27,28). The van der Waals surface area contributed by atoms with Crippen LogP contribution in [0.4, 0.5) is 5.00 Å². The lowest BCUT2D eigenvalue weighted by Crippen LogP contribution is -2.32. The number of carbonyl (C=O) groups excluding carboxylic acids is 4. The Kier molecular flexibility index (Phi) is 8.04. The van der Waals surface area contributed by atoms with E-state index in [9.17, 15) is 19.2 Å². The van der Waals surface area contributed by atoms with Gasteiger partial charge in [0.15, 0.2) is 6.61 Å². The number of thiophene rings is 2. The van der Waals surface area contributed by atoms with E-state index in [1.807, 2.05) is 24.3 Å². The number of carbonyl (C=O) groups is 4. The molecule has 0 bridgehead atoms. The zero-order chi connectivity index (χ0) is 24.9. The number of esters is 2. The van der Waals surface area contributed by atoms with Gasteiger partial charge in [0.25, 0.3) is 11.8 Å². The molecule has 0 saturated heterocycles. The number of anilines is 1. The maximum absolute atomic E-state index is 12.5. The van der Waals surface area contributed by atoms with Crippen molar-refractivity contribution in [3.05, 3.63) is 50.2 Å². The lowest BCUT2D eigenvalue weighted by Gasteiger charge is -2.08. The fraction of sp³-hybridized carbons (Fsp3) is 0.333. The smallest absolute Gasteiger partial charge is 0.341 e. The van der Waals surface area contributed by atoms with Gasteiger partial charge in [0.1, 0.15) is 16.4 Å². The van der Waals surface area contributed by atoms with E-state index in [1.165, 1.54) is 29.8 Å². The van der Waals surface area contributed by atoms with Crippen molar-refractivity contribution in [3.8, 4) is 0 Å². The van der Waals surface area contributed by atoms with Gasteiger partial charge in [-0.05, 0) is 37.3 Å². The summed E-state index contributed by atoms with van der Waals surface area (Å²) >= 11 is 8.87. The van der Waals surface area contributed by atoms with E-state index in [0.29, 0.717) is 20.5 Å². The van der Waals surface area contributed by atoms with Crippen molar-refractivity contribution >= 4 is 73.1 Å². The highest BCUT2D eigenvalue weighted by molar-refractivity contribution is 7.21. The summed E-state index contributed by atoms with van der Waals surface area (Å²) in [5.41, 5.74) is 1.30. The van der Waals surface area contributed by atoms with E-state index in [1.54, 1.807) is 0 Å². The Morgan fingerprint density at radius 1 is 1.06 bits per heavy atom. The van der Waals surface area contributed by atoms with Crippen LogP contribution in [0.3, 0.4) is 0 Å². The predicted molar refractivity (Wildman–Crippen MR) is 136 cm³/mol. The van der Waals surface area contributed by atoms with Gasteiger partial charge in [-0.25, -0.2) is 4.79 Å². The molecule has 0 radical (unpaired) electrons.